The fourth-order valence-electron chi connectivity index (χ4n) is 4.38. The zero-order valence-corrected chi connectivity index (χ0v) is 29.2. The van der Waals surface area contributed by atoms with Crippen LogP contribution in [0.5, 0.6) is 0 Å². The zero-order valence-electron chi connectivity index (χ0n) is 29.2. The molecule has 0 aliphatic carbocycles. The normalized spacial score (nSPS) is 11.7. The molecule has 9 nitrogen and oxygen atoms in total. The fourth-order valence-corrected chi connectivity index (χ4v) is 4.38. The predicted octanol–water partition coefficient (Wildman–Crippen LogP) is 7.03. The van der Waals surface area contributed by atoms with Crippen LogP contribution in [0.15, 0.2) is 0 Å². The van der Waals surface area contributed by atoms with Gasteiger partial charge in [0.05, 0.1) is 112 Å². The molecule has 44 heavy (non-hydrogen) atoms. The van der Waals surface area contributed by atoms with E-state index in [0.29, 0.717) is 106 Å². The van der Waals surface area contributed by atoms with E-state index in [2.05, 4.69) is 6.92 Å². The minimum absolute atomic E-state index is 0.240. The van der Waals surface area contributed by atoms with Crippen molar-refractivity contribution in [1.82, 2.24) is 0 Å². The third-order valence-corrected chi connectivity index (χ3v) is 6.93. The summed E-state index contributed by atoms with van der Waals surface area (Å²) in [6.07, 6.45) is 19.6. The van der Waals surface area contributed by atoms with Crippen molar-refractivity contribution in [2.45, 2.75) is 117 Å². The highest BCUT2D eigenvalue weighted by Crippen LogP contribution is 2.13. The van der Waals surface area contributed by atoms with Crippen LogP contribution in [0.3, 0.4) is 0 Å². The van der Waals surface area contributed by atoms with E-state index in [0.717, 1.165) is 13.0 Å². The van der Waals surface area contributed by atoms with Crippen molar-refractivity contribution in [3.05, 3.63) is 0 Å². The van der Waals surface area contributed by atoms with E-state index in [1.165, 1.54) is 83.5 Å². The summed E-state index contributed by atoms with van der Waals surface area (Å²) in [7, 11) is 0. The van der Waals surface area contributed by atoms with Crippen LogP contribution in [-0.4, -0.2) is 118 Å². The van der Waals surface area contributed by atoms with Crippen molar-refractivity contribution in [2.24, 2.45) is 0 Å². The van der Waals surface area contributed by atoms with Gasteiger partial charge in [0.1, 0.15) is 0 Å². The van der Waals surface area contributed by atoms with Crippen molar-refractivity contribution < 1.29 is 42.6 Å². The molecule has 0 spiro atoms. The molecule has 0 atom stereocenters. The monoisotopic (exact) mass is 637 g/mol. The maximum absolute atomic E-state index is 5.67. The first-order valence-corrected chi connectivity index (χ1v) is 18.0. The van der Waals surface area contributed by atoms with Crippen LogP contribution in [0, 0.1) is 0 Å². The Labute approximate surface area is 271 Å². The maximum atomic E-state index is 5.67. The molecule has 0 N–H and O–H groups in total. The summed E-state index contributed by atoms with van der Waals surface area (Å²) in [4.78, 5) is 0. The maximum Gasteiger partial charge on any atom is 0.0703 e. The minimum Gasteiger partial charge on any atom is -0.379 e. The fraction of sp³-hybridized carbons (Fsp3) is 1.00. The lowest BCUT2D eigenvalue weighted by molar-refractivity contribution is -0.0269. The van der Waals surface area contributed by atoms with E-state index in [4.69, 9.17) is 42.6 Å². The van der Waals surface area contributed by atoms with Crippen molar-refractivity contribution in [3.8, 4) is 0 Å². The second kappa shape index (κ2) is 40.7. The van der Waals surface area contributed by atoms with Crippen LogP contribution in [0.4, 0.5) is 0 Å². The Morgan fingerprint density at radius 1 is 0.273 bits per heavy atom. The summed E-state index contributed by atoms with van der Waals surface area (Å²) in [6.45, 7) is 16.3. The third-order valence-electron chi connectivity index (χ3n) is 6.93. The Kier molecular flexibility index (Phi) is 40.3. The SMILES string of the molecule is CCCCCCCCCCCCCCCCOCCOCCOCCOCCOCCOCCOCCOCCOC(C)C. The highest BCUT2D eigenvalue weighted by molar-refractivity contribution is 4.49. The lowest BCUT2D eigenvalue weighted by Gasteiger charge is -2.09. The first-order valence-electron chi connectivity index (χ1n) is 18.0. The second-order valence-electron chi connectivity index (χ2n) is 11.4. The summed E-state index contributed by atoms with van der Waals surface area (Å²) in [5.41, 5.74) is 0. The molecular formula is C35H72O9. The molecule has 0 aromatic rings. The number of hydrogen-bond acceptors (Lipinski definition) is 9. The molecule has 0 heterocycles. The summed E-state index contributed by atoms with van der Waals surface area (Å²) in [6, 6.07) is 0. The van der Waals surface area contributed by atoms with Gasteiger partial charge in [-0.05, 0) is 20.3 Å². The molecule has 0 saturated carbocycles. The number of hydrogen-bond donors (Lipinski definition) is 0. The second-order valence-corrected chi connectivity index (χ2v) is 11.4. The molecule has 0 unspecified atom stereocenters. The van der Waals surface area contributed by atoms with E-state index in [1.807, 2.05) is 13.8 Å². The summed E-state index contributed by atoms with van der Waals surface area (Å²) in [5, 5.41) is 0. The van der Waals surface area contributed by atoms with Crippen LogP contribution in [0.2, 0.25) is 0 Å². The van der Waals surface area contributed by atoms with E-state index in [9.17, 15) is 0 Å². The summed E-state index contributed by atoms with van der Waals surface area (Å²) >= 11 is 0. The van der Waals surface area contributed by atoms with Crippen molar-refractivity contribution >= 4 is 0 Å². The predicted molar refractivity (Wildman–Crippen MR) is 178 cm³/mol. The van der Waals surface area contributed by atoms with Crippen LogP contribution >= 0.6 is 0 Å². The molecular weight excluding hydrogens is 564 g/mol. The van der Waals surface area contributed by atoms with Gasteiger partial charge < -0.3 is 42.6 Å². The highest BCUT2D eigenvalue weighted by atomic mass is 16.6. The quantitative estimate of drug-likeness (QED) is 0.0659. The average Bonchev–Trinajstić information content (AvgIpc) is 3.02. The van der Waals surface area contributed by atoms with Gasteiger partial charge in [0, 0.05) is 6.61 Å². The van der Waals surface area contributed by atoms with Gasteiger partial charge in [-0.25, -0.2) is 0 Å². The average molecular weight is 637 g/mol. The molecule has 0 fully saturated rings. The molecule has 0 rings (SSSR count). The molecule has 0 aromatic heterocycles. The molecule has 0 saturated heterocycles. The van der Waals surface area contributed by atoms with Crippen LogP contribution in [0.25, 0.3) is 0 Å². The van der Waals surface area contributed by atoms with E-state index < -0.39 is 0 Å². The topological polar surface area (TPSA) is 83.1 Å². The lowest BCUT2D eigenvalue weighted by atomic mass is 10.0. The standard InChI is InChI=1S/C35H72O9/c1-4-5-6-7-8-9-10-11-12-13-14-15-16-17-18-36-19-20-37-21-22-38-23-24-39-25-26-40-27-28-41-29-30-42-31-32-43-33-34-44-35(2)3/h35H,4-34H2,1-3H3. The largest absolute Gasteiger partial charge is 0.379 e. The number of rotatable bonds is 40. The van der Waals surface area contributed by atoms with Crippen LogP contribution in [0.1, 0.15) is 111 Å². The van der Waals surface area contributed by atoms with Crippen molar-refractivity contribution in [3.63, 3.8) is 0 Å². The molecule has 9 heteroatoms. The van der Waals surface area contributed by atoms with Crippen LogP contribution in [-0.2, 0) is 42.6 Å². The van der Waals surface area contributed by atoms with Gasteiger partial charge in [-0.2, -0.15) is 0 Å². The van der Waals surface area contributed by atoms with E-state index in [-0.39, 0.29) is 6.10 Å². The van der Waals surface area contributed by atoms with Gasteiger partial charge in [-0.1, -0.05) is 90.4 Å². The van der Waals surface area contributed by atoms with Gasteiger partial charge in [0.2, 0.25) is 0 Å². The third kappa shape index (κ3) is 41.6. The Morgan fingerprint density at radius 2 is 0.500 bits per heavy atom. The van der Waals surface area contributed by atoms with Gasteiger partial charge in [-0.3, -0.25) is 0 Å². The summed E-state index contributed by atoms with van der Waals surface area (Å²) < 4.78 is 49.5. The lowest BCUT2D eigenvalue weighted by Crippen LogP contribution is -2.15. The molecule has 0 aromatic carbocycles. The molecule has 0 aliphatic heterocycles. The van der Waals surface area contributed by atoms with Gasteiger partial charge in [-0.15, -0.1) is 0 Å². The van der Waals surface area contributed by atoms with Gasteiger partial charge >= 0.3 is 0 Å². The smallest absolute Gasteiger partial charge is 0.0703 e. The van der Waals surface area contributed by atoms with Crippen molar-refractivity contribution in [1.29, 1.82) is 0 Å². The van der Waals surface area contributed by atoms with Crippen molar-refractivity contribution in [2.75, 3.05) is 112 Å². The van der Waals surface area contributed by atoms with E-state index in [1.54, 1.807) is 0 Å². The Hall–Kier alpha value is -0.360. The molecule has 0 radical (unpaired) electrons. The Balaban J connectivity index is 3.03. The Bertz CT molecular complexity index is 497. The number of ether oxygens (including phenoxy) is 9. The molecule has 0 amide bonds. The van der Waals surface area contributed by atoms with E-state index >= 15 is 0 Å². The summed E-state index contributed by atoms with van der Waals surface area (Å²) in [5.74, 6) is 0. The van der Waals surface area contributed by atoms with Gasteiger partial charge in [0.25, 0.3) is 0 Å². The molecule has 0 aliphatic rings. The zero-order chi connectivity index (χ0) is 31.9. The minimum atomic E-state index is 0.240. The Morgan fingerprint density at radius 3 is 0.773 bits per heavy atom. The first-order chi connectivity index (χ1) is 21.8. The van der Waals surface area contributed by atoms with Crippen LogP contribution < -0.4 is 0 Å². The molecule has 0 bridgehead atoms. The molecule has 266 valence electrons. The highest BCUT2D eigenvalue weighted by Gasteiger charge is 1.97. The first kappa shape index (κ1) is 43.6. The van der Waals surface area contributed by atoms with Gasteiger partial charge in [0.15, 0.2) is 0 Å². The number of unbranched alkanes of at least 4 members (excludes halogenated alkanes) is 13.